The van der Waals surface area contributed by atoms with Crippen LogP contribution in [0.15, 0.2) is 83.4 Å². The summed E-state index contributed by atoms with van der Waals surface area (Å²) in [7, 11) is 0. The number of amides is 1. The van der Waals surface area contributed by atoms with Gasteiger partial charge >= 0.3 is 5.97 Å². The van der Waals surface area contributed by atoms with Gasteiger partial charge in [-0.05, 0) is 42.0 Å². The number of carboxylic acid groups (broad SMARTS) is 1. The molecule has 5 rings (SSSR count). The maximum Gasteiger partial charge on any atom is 0.314 e. The van der Waals surface area contributed by atoms with Crippen molar-refractivity contribution in [2.45, 2.75) is 38.1 Å². The lowest BCUT2D eigenvalue weighted by atomic mass is 9.93. The van der Waals surface area contributed by atoms with Gasteiger partial charge in [-0.1, -0.05) is 84.0 Å². The third-order valence-corrected chi connectivity index (χ3v) is 6.73. The third kappa shape index (κ3) is 4.60. The molecule has 1 aliphatic carbocycles. The van der Waals surface area contributed by atoms with Gasteiger partial charge in [0.1, 0.15) is 0 Å². The zero-order chi connectivity index (χ0) is 24.4. The number of carbonyl (C=O) groups excluding carboxylic acids is 1. The van der Waals surface area contributed by atoms with Crippen LogP contribution in [0, 0.1) is 6.92 Å². The number of hydrogen-bond donors (Lipinski definition) is 2. The summed E-state index contributed by atoms with van der Waals surface area (Å²) >= 11 is 0. The molecular formula is C29H26N2O4. The second kappa shape index (κ2) is 9.22. The number of aliphatic carboxylic acids is 1. The molecule has 3 aromatic carbocycles. The van der Waals surface area contributed by atoms with Crippen LogP contribution in [0.5, 0.6) is 0 Å². The predicted molar refractivity (Wildman–Crippen MR) is 133 cm³/mol. The second-order valence-electron chi connectivity index (χ2n) is 9.06. The van der Waals surface area contributed by atoms with Crippen molar-refractivity contribution >= 4 is 11.9 Å². The first-order chi connectivity index (χ1) is 17.0. The second-order valence-corrected chi connectivity index (χ2v) is 9.06. The van der Waals surface area contributed by atoms with Crippen molar-refractivity contribution in [1.82, 2.24) is 10.5 Å². The predicted octanol–water partition coefficient (Wildman–Crippen LogP) is 5.29. The highest BCUT2D eigenvalue weighted by atomic mass is 16.5. The van der Waals surface area contributed by atoms with Crippen molar-refractivity contribution in [2.24, 2.45) is 0 Å². The lowest BCUT2D eigenvalue weighted by Gasteiger charge is -2.11. The largest absolute Gasteiger partial charge is 0.481 e. The van der Waals surface area contributed by atoms with Crippen LogP contribution in [0.4, 0.5) is 0 Å². The van der Waals surface area contributed by atoms with E-state index < -0.39 is 11.4 Å². The normalized spacial score (nSPS) is 13.9. The summed E-state index contributed by atoms with van der Waals surface area (Å²) in [5, 5.41) is 16.6. The summed E-state index contributed by atoms with van der Waals surface area (Å²) in [5.41, 5.74) is 5.64. The van der Waals surface area contributed by atoms with Crippen molar-refractivity contribution in [3.8, 4) is 22.5 Å². The smallest absolute Gasteiger partial charge is 0.314 e. The van der Waals surface area contributed by atoms with Crippen molar-refractivity contribution in [2.75, 3.05) is 0 Å². The molecule has 1 fully saturated rings. The summed E-state index contributed by atoms with van der Waals surface area (Å²) in [4.78, 5) is 24.0. The Balaban J connectivity index is 1.28. The van der Waals surface area contributed by atoms with Crippen molar-refractivity contribution in [1.29, 1.82) is 0 Å². The number of nitrogens with zero attached hydrogens (tertiary/aromatic N) is 1. The summed E-state index contributed by atoms with van der Waals surface area (Å²) in [6, 6.07) is 25.4. The van der Waals surface area contributed by atoms with Crippen molar-refractivity contribution < 1.29 is 19.2 Å². The van der Waals surface area contributed by atoms with E-state index in [-0.39, 0.29) is 5.91 Å². The van der Waals surface area contributed by atoms with Gasteiger partial charge in [0.15, 0.2) is 5.76 Å². The number of nitrogens with one attached hydrogen (secondary N) is 1. The van der Waals surface area contributed by atoms with E-state index in [0.717, 1.165) is 39.1 Å². The molecule has 1 aliphatic rings. The van der Waals surface area contributed by atoms with Gasteiger partial charge < -0.3 is 14.9 Å². The lowest BCUT2D eigenvalue weighted by molar-refractivity contribution is -0.140. The van der Waals surface area contributed by atoms with E-state index in [0.29, 0.717) is 31.6 Å². The molecule has 1 aromatic heterocycles. The molecule has 1 heterocycles. The average Bonchev–Trinajstić information content (AvgIpc) is 3.62. The molecule has 0 unspecified atom stereocenters. The van der Waals surface area contributed by atoms with E-state index >= 15 is 0 Å². The van der Waals surface area contributed by atoms with Crippen LogP contribution in [-0.4, -0.2) is 22.1 Å². The number of rotatable bonds is 8. The minimum Gasteiger partial charge on any atom is -0.481 e. The quantitative estimate of drug-likeness (QED) is 0.368. The maximum atomic E-state index is 12.4. The van der Waals surface area contributed by atoms with E-state index in [1.165, 1.54) is 0 Å². The van der Waals surface area contributed by atoms with Gasteiger partial charge in [-0.15, -0.1) is 0 Å². The minimum absolute atomic E-state index is 0.0579. The third-order valence-electron chi connectivity index (χ3n) is 6.73. The van der Waals surface area contributed by atoms with Crippen LogP contribution in [0.3, 0.4) is 0 Å². The van der Waals surface area contributed by atoms with Gasteiger partial charge in [-0.2, -0.15) is 0 Å². The molecule has 0 radical (unpaired) electrons. The van der Waals surface area contributed by atoms with Gasteiger partial charge in [-0.25, -0.2) is 0 Å². The number of carboxylic acids is 1. The zero-order valence-corrected chi connectivity index (χ0v) is 19.5. The summed E-state index contributed by atoms with van der Waals surface area (Å²) < 4.78 is 5.60. The fraction of sp³-hybridized carbons (Fsp3) is 0.207. The number of benzene rings is 3. The molecule has 1 amide bonds. The molecule has 0 spiro atoms. The molecule has 176 valence electrons. The van der Waals surface area contributed by atoms with E-state index in [1.54, 1.807) is 0 Å². The topological polar surface area (TPSA) is 92.4 Å². The molecule has 1 saturated carbocycles. The number of carbonyl (C=O) groups is 2. The Labute approximate surface area is 203 Å². The van der Waals surface area contributed by atoms with E-state index in [2.05, 4.69) is 10.5 Å². The average molecular weight is 467 g/mol. The molecule has 2 N–H and O–H groups in total. The molecule has 6 nitrogen and oxygen atoms in total. The Hall–Kier alpha value is -4.19. The van der Waals surface area contributed by atoms with Gasteiger partial charge in [0.05, 0.1) is 17.5 Å². The molecule has 6 heteroatoms. The van der Waals surface area contributed by atoms with Crippen molar-refractivity contribution in [3.63, 3.8) is 0 Å². The van der Waals surface area contributed by atoms with Crippen LogP contribution in [0.1, 0.15) is 35.2 Å². The highest BCUT2D eigenvalue weighted by molar-refractivity contribution is 5.85. The zero-order valence-electron chi connectivity index (χ0n) is 19.5. The van der Waals surface area contributed by atoms with Gasteiger partial charge in [0, 0.05) is 17.7 Å². The van der Waals surface area contributed by atoms with E-state index in [4.69, 9.17) is 4.52 Å². The molecule has 35 heavy (non-hydrogen) atoms. The van der Waals surface area contributed by atoms with E-state index in [9.17, 15) is 14.7 Å². The summed E-state index contributed by atoms with van der Waals surface area (Å²) in [6.45, 7) is 2.20. The highest BCUT2D eigenvalue weighted by Crippen LogP contribution is 2.48. The standard InChI is InChI=1S/C29H26N2O4/c1-19-25(18-30-26(32)17-20-5-3-2-4-6-20)27(35-31-19)23-9-7-21(8-10-23)22-11-13-24(14-12-22)29(15-16-29)28(33)34/h2-14H,15-18H2,1H3,(H,30,32)(H,33,34). The fourth-order valence-electron chi connectivity index (χ4n) is 4.40. The Morgan fingerprint density at radius 3 is 2.11 bits per heavy atom. The van der Waals surface area contributed by atoms with Crippen LogP contribution in [-0.2, 0) is 28.0 Å². The van der Waals surface area contributed by atoms with Gasteiger partial charge in [0.2, 0.25) is 5.91 Å². The van der Waals surface area contributed by atoms with E-state index in [1.807, 2.05) is 85.8 Å². The Morgan fingerprint density at radius 2 is 1.51 bits per heavy atom. The van der Waals surface area contributed by atoms with Gasteiger partial charge in [0.25, 0.3) is 0 Å². The molecule has 4 aromatic rings. The summed E-state index contributed by atoms with van der Waals surface area (Å²) in [5.74, 6) is -0.164. The molecular weight excluding hydrogens is 440 g/mol. The number of aromatic nitrogens is 1. The fourth-order valence-corrected chi connectivity index (χ4v) is 4.40. The minimum atomic E-state index is -0.746. The molecule has 0 aliphatic heterocycles. The maximum absolute atomic E-state index is 12.4. The SMILES string of the molecule is Cc1noc(-c2ccc(-c3ccc(C4(C(=O)O)CC4)cc3)cc2)c1CNC(=O)Cc1ccccc1. The Bertz CT molecular complexity index is 1350. The Morgan fingerprint density at radius 1 is 0.914 bits per heavy atom. The summed E-state index contributed by atoms with van der Waals surface area (Å²) in [6.07, 6.45) is 1.71. The first-order valence-corrected chi connectivity index (χ1v) is 11.7. The van der Waals surface area contributed by atoms with Crippen LogP contribution in [0.2, 0.25) is 0 Å². The van der Waals surface area contributed by atoms with Crippen LogP contribution < -0.4 is 5.32 Å². The molecule has 0 atom stereocenters. The van der Waals surface area contributed by atoms with Gasteiger partial charge in [-0.3, -0.25) is 9.59 Å². The van der Waals surface area contributed by atoms with Crippen LogP contribution in [0.25, 0.3) is 22.5 Å². The first kappa shape index (κ1) is 22.6. The monoisotopic (exact) mass is 466 g/mol. The van der Waals surface area contributed by atoms with Crippen molar-refractivity contribution in [3.05, 3.63) is 101 Å². The molecule has 0 saturated heterocycles. The highest BCUT2D eigenvalue weighted by Gasteiger charge is 2.51. The number of aryl methyl sites for hydroxylation is 1. The lowest BCUT2D eigenvalue weighted by Crippen LogP contribution is -2.24. The Kier molecular flexibility index (Phi) is 5.95. The number of hydrogen-bond acceptors (Lipinski definition) is 4. The first-order valence-electron chi connectivity index (χ1n) is 11.7. The molecule has 0 bridgehead atoms. The van der Waals surface area contributed by atoms with Crippen LogP contribution >= 0.6 is 0 Å².